The van der Waals surface area contributed by atoms with E-state index in [1.807, 2.05) is 0 Å². The van der Waals surface area contributed by atoms with Crippen LogP contribution in [0.15, 0.2) is 0 Å². The Morgan fingerprint density at radius 1 is 1.42 bits per heavy atom. The first-order valence-electron chi connectivity index (χ1n) is 6.14. The molecule has 1 fully saturated rings. The smallest absolute Gasteiger partial charge is 0.303 e. The molecule has 0 aromatic rings. The molecule has 112 valence electrons. The van der Waals surface area contributed by atoms with Crippen molar-refractivity contribution in [2.75, 3.05) is 6.61 Å². The van der Waals surface area contributed by atoms with Gasteiger partial charge < -0.3 is 36.0 Å². The summed E-state index contributed by atoms with van der Waals surface area (Å²) in [4.78, 5) is 10.3. The van der Waals surface area contributed by atoms with E-state index >= 15 is 0 Å². The predicted molar refractivity (Wildman–Crippen MR) is 63.0 cm³/mol. The Bertz CT molecular complexity index is 313. The predicted octanol–water partition coefficient (Wildman–Crippen LogP) is -2.24. The van der Waals surface area contributed by atoms with Crippen LogP contribution in [-0.4, -0.2) is 68.2 Å². The van der Waals surface area contributed by atoms with Crippen molar-refractivity contribution in [1.82, 2.24) is 0 Å². The van der Waals surface area contributed by atoms with Gasteiger partial charge in [-0.1, -0.05) is 0 Å². The molecule has 1 aliphatic rings. The first-order chi connectivity index (χ1) is 8.76. The summed E-state index contributed by atoms with van der Waals surface area (Å²) >= 11 is 0. The van der Waals surface area contributed by atoms with Gasteiger partial charge in [-0.05, 0) is 12.8 Å². The summed E-state index contributed by atoms with van der Waals surface area (Å²) in [6, 6.07) is -0.582. The van der Waals surface area contributed by atoms with Gasteiger partial charge in [0.05, 0.1) is 6.61 Å². The van der Waals surface area contributed by atoms with Crippen LogP contribution in [0.3, 0.4) is 0 Å². The summed E-state index contributed by atoms with van der Waals surface area (Å²) in [5.74, 6) is -2.96. The van der Waals surface area contributed by atoms with Gasteiger partial charge in [0.15, 0.2) is 5.79 Å². The number of ether oxygens (including phenoxy) is 1. The van der Waals surface area contributed by atoms with Crippen LogP contribution in [0.2, 0.25) is 0 Å². The number of carboxylic acid groups (broad SMARTS) is 1. The van der Waals surface area contributed by atoms with Crippen molar-refractivity contribution in [1.29, 1.82) is 0 Å². The Balaban J connectivity index is 2.47. The maximum atomic E-state index is 10.3. The monoisotopic (exact) mass is 279 g/mol. The average molecular weight is 279 g/mol. The van der Waals surface area contributed by atoms with Crippen LogP contribution in [0, 0.1) is 0 Å². The molecule has 19 heavy (non-hydrogen) atoms. The molecule has 0 aliphatic carbocycles. The highest BCUT2D eigenvalue weighted by Crippen LogP contribution is 2.28. The van der Waals surface area contributed by atoms with Crippen molar-refractivity contribution in [3.05, 3.63) is 0 Å². The van der Waals surface area contributed by atoms with Gasteiger partial charge in [0.1, 0.15) is 18.3 Å². The summed E-state index contributed by atoms with van der Waals surface area (Å²) < 4.78 is 4.96. The lowest BCUT2D eigenvalue weighted by molar-refractivity contribution is -0.324. The van der Waals surface area contributed by atoms with Gasteiger partial charge in [0.25, 0.3) is 0 Å². The maximum absolute atomic E-state index is 10.3. The Kier molecular flexibility index (Phi) is 5.65. The molecule has 0 amide bonds. The minimum Gasteiger partial charge on any atom is -0.481 e. The lowest BCUT2D eigenvalue weighted by atomic mass is 9.90. The molecule has 5 atom stereocenters. The van der Waals surface area contributed by atoms with Gasteiger partial charge in [0, 0.05) is 18.9 Å². The lowest BCUT2D eigenvalue weighted by Gasteiger charge is -2.42. The van der Waals surface area contributed by atoms with Crippen molar-refractivity contribution in [2.24, 2.45) is 5.73 Å². The molecule has 7 N–H and O–H groups in total. The summed E-state index contributed by atoms with van der Waals surface area (Å²) in [7, 11) is 0. The van der Waals surface area contributed by atoms with Gasteiger partial charge in [-0.15, -0.1) is 0 Å². The molecule has 1 rings (SSSR count). The molecule has 0 radical (unpaired) electrons. The highest BCUT2D eigenvalue weighted by molar-refractivity contribution is 5.66. The molecule has 1 heterocycles. The number of aliphatic hydroxyl groups excluding tert-OH is 3. The van der Waals surface area contributed by atoms with Crippen molar-refractivity contribution in [3.8, 4) is 0 Å². The summed E-state index contributed by atoms with van der Waals surface area (Å²) in [6.45, 7) is -0.309. The van der Waals surface area contributed by atoms with Gasteiger partial charge in [0.2, 0.25) is 0 Å². The minimum absolute atomic E-state index is 0.0309. The van der Waals surface area contributed by atoms with Gasteiger partial charge in [-0.2, -0.15) is 0 Å². The molecule has 0 aromatic carbocycles. The molecule has 0 aromatic heterocycles. The van der Waals surface area contributed by atoms with Gasteiger partial charge in [-0.3, -0.25) is 4.79 Å². The number of aliphatic hydroxyl groups is 4. The van der Waals surface area contributed by atoms with Crippen LogP contribution in [0.25, 0.3) is 0 Å². The Labute approximate surface area is 110 Å². The second kappa shape index (κ2) is 6.60. The molecule has 1 aliphatic heterocycles. The van der Waals surface area contributed by atoms with E-state index in [1.54, 1.807) is 0 Å². The second-order valence-electron chi connectivity index (χ2n) is 4.91. The highest BCUT2D eigenvalue weighted by Gasteiger charge is 2.48. The standard InChI is InChI=1S/C11H21NO7/c12-6(2-1-3-8(14)15)4-11(18)10(17)9(16)7(13)5-19-11/h6-7,9-10,13,16-18H,1-5,12H2,(H,14,15)/t6?,7-,9+,10-,11+/m1/s1. The van der Waals surface area contributed by atoms with Crippen LogP contribution in [0.5, 0.6) is 0 Å². The molecule has 0 bridgehead atoms. The SMILES string of the molecule is NC(CCCC(=O)O)C[C@]1(O)OC[C@@H](O)[C@H](O)[C@H]1O. The fourth-order valence-corrected chi connectivity index (χ4v) is 2.06. The molecule has 1 unspecified atom stereocenters. The number of nitrogens with two attached hydrogens (primary N) is 1. The summed E-state index contributed by atoms with van der Waals surface area (Å²) in [6.07, 6.45) is -3.95. The molecule has 0 saturated carbocycles. The number of aliphatic carboxylic acids is 1. The van der Waals surface area contributed by atoms with Crippen LogP contribution in [0.1, 0.15) is 25.7 Å². The molecule has 8 nitrogen and oxygen atoms in total. The molecular weight excluding hydrogens is 258 g/mol. The summed E-state index contributed by atoms with van der Waals surface area (Å²) in [5, 5.41) is 47.0. The van der Waals surface area contributed by atoms with E-state index in [0.29, 0.717) is 12.8 Å². The summed E-state index contributed by atoms with van der Waals surface area (Å²) in [5.41, 5.74) is 5.73. The van der Waals surface area contributed by atoms with Gasteiger partial charge in [-0.25, -0.2) is 0 Å². The number of rotatable bonds is 6. The Hall–Kier alpha value is -0.770. The number of carbonyl (C=O) groups is 1. The number of hydrogen-bond acceptors (Lipinski definition) is 7. The quantitative estimate of drug-likeness (QED) is 0.319. The number of carboxylic acids is 1. The van der Waals surface area contributed by atoms with E-state index < -0.39 is 36.1 Å². The van der Waals surface area contributed by atoms with E-state index in [9.17, 15) is 25.2 Å². The molecule has 0 spiro atoms. The topological polar surface area (TPSA) is 153 Å². The van der Waals surface area contributed by atoms with Crippen LogP contribution < -0.4 is 5.73 Å². The van der Waals surface area contributed by atoms with Gasteiger partial charge >= 0.3 is 5.97 Å². The molecule has 1 saturated heterocycles. The van der Waals surface area contributed by atoms with E-state index in [0.717, 1.165) is 0 Å². The maximum Gasteiger partial charge on any atom is 0.303 e. The zero-order valence-electron chi connectivity index (χ0n) is 10.5. The fourth-order valence-electron chi connectivity index (χ4n) is 2.06. The largest absolute Gasteiger partial charge is 0.481 e. The van der Waals surface area contributed by atoms with E-state index in [-0.39, 0.29) is 19.4 Å². The van der Waals surface area contributed by atoms with Crippen molar-refractivity contribution >= 4 is 5.97 Å². The lowest BCUT2D eigenvalue weighted by Crippen LogP contribution is -2.62. The first-order valence-corrected chi connectivity index (χ1v) is 6.14. The first kappa shape index (κ1) is 16.3. The number of hydrogen-bond donors (Lipinski definition) is 6. The van der Waals surface area contributed by atoms with E-state index in [1.165, 1.54) is 0 Å². The third kappa shape index (κ3) is 4.37. The fraction of sp³-hybridized carbons (Fsp3) is 0.909. The van der Waals surface area contributed by atoms with Crippen molar-refractivity contribution < 1.29 is 35.1 Å². The van der Waals surface area contributed by atoms with Crippen molar-refractivity contribution in [2.45, 2.75) is 55.8 Å². The van der Waals surface area contributed by atoms with Crippen molar-refractivity contribution in [3.63, 3.8) is 0 Å². The minimum atomic E-state index is -2.03. The van der Waals surface area contributed by atoms with E-state index in [4.69, 9.17) is 15.6 Å². The van der Waals surface area contributed by atoms with Crippen LogP contribution in [0.4, 0.5) is 0 Å². The normalized spacial score (nSPS) is 37.0. The van der Waals surface area contributed by atoms with Crippen LogP contribution in [-0.2, 0) is 9.53 Å². The van der Waals surface area contributed by atoms with E-state index in [2.05, 4.69) is 0 Å². The second-order valence-corrected chi connectivity index (χ2v) is 4.91. The third-order valence-corrected chi connectivity index (χ3v) is 3.20. The van der Waals surface area contributed by atoms with Crippen LogP contribution >= 0.6 is 0 Å². The molecular formula is C11H21NO7. The molecule has 8 heteroatoms. The average Bonchev–Trinajstić information content (AvgIpc) is 2.31. The zero-order chi connectivity index (χ0) is 14.6. The third-order valence-electron chi connectivity index (χ3n) is 3.20. The highest BCUT2D eigenvalue weighted by atomic mass is 16.6. The zero-order valence-corrected chi connectivity index (χ0v) is 10.5. The Morgan fingerprint density at radius 2 is 2.05 bits per heavy atom. The Morgan fingerprint density at radius 3 is 2.63 bits per heavy atom.